The molecule has 1 aromatic rings. The normalized spacial score (nSPS) is 10.4. The van der Waals surface area contributed by atoms with Crippen LogP contribution in [-0.4, -0.2) is 11.7 Å². The van der Waals surface area contributed by atoms with Gasteiger partial charge in [-0.25, -0.2) is 0 Å². The maximum absolute atomic E-state index is 9.23. The summed E-state index contributed by atoms with van der Waals surface area (Å²) in [5.41, 5.74) is 1.14. The molecule has 0 heterocycles. The van der Waals surface area contributed by atoms with Crippen molar-refractivity contribution >= 4 is 0 Å². The quantitative estimate of drug-likeness (QED) is 0.681. The largest absolute Gasteiger partial charge is 0.508 e. The molecule has 0 amide bonds. The molecule has 0 bridgehead atoms. The van der Waals surface area contributed by atoms with E-state index < -0.39 is 0 Å². The summed E-state index contributed by atoms with van der Waals surface area (Å²) in [5, 5.41) is 12.6. The maximum atomic E-state index is 9.23. The van der Waals surface area contributed by atoms with Gasteiger partial charge in [0, 0.05) is 6.54 Å². The summed E-state index contributed by atoms with van der Waals surface area (Å²) in [4.78, 5) is 0. The molecule has 0 aliphatic heterocycles. The lowest BCUT2D eigenvalue weighted by atomic mass is 10.2. The zero-order valence-corrected chi connectivity index (χ0v) is 8.79. The van der Waals surface area contributed by atoms with E-state index in [9.17, 15) is 5.11 Å². The van der Waals surface area contributed by atoms with Crippen molar-refractivity contribution in [3.63, 3.8) is 0 Å². The van der Waals surface area contributed by atoms with Gasteiger partial charge in [-0.1, -0.05) is 31.9 Å². The molecule has 0 atom stereocenters. The Kier molecular flexibility index (Phi) is 5.08. The van der Waals surface area contributed by atoms with Crippen LogP contribution in [0, 0.1) is 0 Å². The Labute approximate surface area is 86.0 Å². The molecule has 78 valence electrons. The first-order chi connectivity index (χ1) is 6.83. The van der Waals surface area contributed by atoms with Crippen molar-refractivity contribution in [2.24, 2.45) is 0 Å². The fourth-order valence-corrected chi connectivity index (χ4v) is 1.40. The third-order valence-electron chi connectivity index (χ3n) is 2.20. The van der Waals surface area contributed by atoms with Crippen molar-refractivity contribution < 1.29 is 5.11 Å². The first-order valence-corrected chi connectivity index (χ1v) is 5.31. The standard InChI is InChI=1S/C12H19NO/c1-2-3-4-8-13-10-11-6-5-7-12(14)9-11/h5-7,9,13-14H,2-4,8,10H2,1H3. The van der Waals surface area contributed by atoms with Crippen LogP contribution < -0.4 is 5.32 Å². The molecule has 0 aromatic heterocycles. The molecule has 0 unspecified atom stereocenters. The molecule has 0 spiro atoms. The molecule has 0 aliphatic rings. The molecule has 0 saturated carbocycles. The summed E-state index contributed by atoms with van der Waals surface area (Å²) in [6, 6.07) is 7.39. The second-order valence-electron chi connectivity index (χ2n) is 3.55. The summed E-state index contributed by atoms with van der Waals surface area (Å²) < 4.78 is 0. The monoisotopic (exact) mass is 193 g/mol. The number of nitrogens with one attached hydrogen (secondary N) is 1. The average molecular weight is 193 g/mol. The first kappa shape index (κ1) is 11.1. The maximum Gasteiger partial charge on any atom is 0.115 e. The van der Waals surface area contributed by atoms with Gasteiger partial charge in [0.05, 0.1) is 0 Å². The fourth-order valence-electron chi connectivity index (χ4n) is 1.40. The van der Waals surface area contributed by atoms with Gasteiger partial charge in [0.1, 0.15) is 5.75 Å². The predicted octanol–water partition coefficient (Wildman–Crippen LogP) is 2.67. The highest BCUT2D eigenvalue weighted by Gasteiger charge is 1.93. The van der Waals surface area contributed by atoms with Gasteiger partial charge < -0.3 is 10.4 Å². The second kappa shape index (κ2) is 6.44. The molecule has 0 radical (unpaired) electrons. The van der Waals surface area contributed by atoms with Gasteiger partial charge in [0.25, 0.3) is 0 Å². The summed E-state index contributed by atoms with van der Waals surface area (Å²) in [7, 11) is 0. The van der Waals surface area contributed by atoms with Crippen molar-refractivity contribution in [3.8, 4) is 5.75 Å². The van der Waals surface area contributed by atoms with E-state index in [0.717, 1.165) is 18.7 Å². The number of aromatic hydroxyl groups is 1. The topological polar surface area (TPSA) is 32.3 Å². The number of hydrogen-bond donors (Lipinski definition) is 2. The van der Waals surface area contributed by atoms with Crippen molar-refractivity contribution in [2.45, 2.75) is 32.7 Å². The van der Waals surface area contributed by atoms with Crippen molar-refractivity contribution in [2.75, 3.05) is 6.54 Å². The molecule has 0 aliphatic carbocycles. The van der Waals surface area contributed by atoms with Gasteiger partial charge in [0.2, 0.25) is 0 Å². The van der Waals surface area contributed by atoms with E-state index in [4.69, 9.17) is 0 Å². The third-order valence-corrected chi connectivity index (χ3v) is 2.20. The minimum atomic E-state index is 0.345. The van der Waals surface area contributed by atoms with E-state index in [1.807, 2.05) is 12.1 Å². The van der Waals surface area contributed by atoms with E-state index in [0.29, 0.717) is 5.75 Å². The highest BCUT2D eigenvalue weighted by molar-refractivity contribution is 5.26. The SMILES string of the molecule is CCCCCNCc1cccc(O)c1. The number of rotatable bonds is 6. The van der Waals surface area contributed by atoms with Gasteiger partial charge in [-0.05, 0) is 30.7 Å². The summed E-state index contributed by atoms with van der Waals surface area (Å²) >= 11 is 0. The van der Waals surface area contributed by atoms with E-state index in [2.05, 4.69) is 12.2 Å². The lowest BCUT2D eigenvalue weighted by molar-refractivity contribution is 0.474. The van der Waals surface area contributed by atoms with E-state index >= 15 is 0 Å². The van der Waals surface area contributed by atoms with Gasteiger partial charge in [-0.2, -0.15) is 0 Å². The number of hydrogen-bond acceptors (Lipinski definition) is 2. The summed E-state index contributed by atoms with van der Waals surface area (Å²) in [6.45, 7) is 4.11. The van der Waals surface area contributed by atoms with Crippen molar-refractivity contribution in [1.82, 2.24) is 5.32 Å². The lowest BCUT2D eigenvalue weighted by Crippen LogP contribution is -2.14. The van der Waals surface area contributed by atoms with Gasteiger partial charge in [-0.15, -0.1) is 0 Å². The zero-order valence-electron chi connectivity index (χ0n) is 8.79. The van der Waals surface area contributed by atoms with Crippen LogP contribution in [0.1, 0.15) is 31.7 Å². The minimum absolute atomic E-state index is 0.345. The van der Waals surface area contributed by atoms with Crippen LogP contribution in [0.4, 0.5) is 0 Å². The highest BCUT2D eigenvalue weighted by Crippen LogP contribution is 2.10. The Bertz CT molecular complexity index is 260. The number of phenols is 1. The molecule has 14 heavy (non-hydrogen) atoms. The highest BCUT2D eigenvalue weighted by atomic mass is 16.3. The fraction of sp³-hybridized carbons (Fsp3) is 0.500. The van der Waals surface area contributed by atoms with Crippen LogP contribution in [-0.2, 0) is 6.54 Å². The smallest absolute Gasteiger partial charge is 0.115 e. The van der Waals surface area contributed by atoms with Crippen LogP contribution >= 0.6 is 0 Å². The number of unbranched alkanes of at least 4 members (excludes halogenated alkanes) is 2. The minimum Gasteiger partial charge on any atom is -0.508 e. The van der Waals surface area contributed by atoms with Crippen LogP contribution in [0.5, 0.6) is 5.75 Å². The molecule has 2 N–H and O–H groups in total. The number of benzene rings is 1. The van der Waals surface area contributed by atoms with Crippen LogP contribution in [0.2, 0.25) is 0 Å². The first-order valence-electron chi connectivity index (χ1n) is 5.31. The Morgan fingerprint density at radius 1 is 1.29 bits per heavy atom. The molecular formula is C12H19NO. The Morgan fingerprint density at radius 2 is 2.14 bits per heavy atom. The van der Waals surface area contributed by atoms with Crippen LogP contribution in [0.3, 0.4) is 0 Å². The van der Waals surface area contributed by atoms with Crippen LogP contribution in [0.25, 0.3) is 0 Å². The molecule has 0 saturated heterocycles. The molecule has 1 aromatic carbocycles. The molecule has 1 rings (SSSR count). The molecular weight excluding hydrogens is 174 g/mol. The van der Waals surface area contributed by atoms with Crippen molar-refractivity contribution in [3.05, 3.63) is 29.8 Å². The molecule has 2 nitrogen and oxygen atoms in total. The third kappa shape index (κ3) is 4.28. The average Bonchev–Trinajstić information content (AvgIpc) is 2.18. The predicted molar refractivity (Wildman–Crippen MR) is 59.3 cm³/mol. The van der Waals surface area contributed by atoms with Gasteiger partial charge >= 0.3 is 0 Å². The summed E-state index contributed by atoms with van der Waals surface area (Å²) in [5.74, 6) is 0.345. The van der Waals surface area contributed by atoms with Gasteiger partial charge in [-0.3, -0.25) is 0 Å². The molecule has 0 fully saturated rings. The Hall–Kier alpha value is -1.02. The van der Waals surface area contributed by atoms with E-state index in [-0.39, 0.29) is 0 Å². The zero-order chi connectivity index (χ0) is 10.2. The van der Waals surface area contributed by atoms with Gasteiger partial charge in [0.15, 0.2) is 0 Å². The van der Waals surface area contributed by atoms with E-state index in [1.54, 1.807) is 12.1 Å². The van der Waals surface area contributed by atoms with E-state index in [1.165, 1.54) is 19.3 Å². The Balaban J connectivity index is 2.18. The Morgan fingerprint density at radius 3 is 2.86 bits per heavy atom. The lowest BCUT2D eigenvalue weighted by Gasteiger charge is -2.04. The summed E-state index contributed by atoms with van der Waals surface area (Å²) in [6.07, 6.45) is 3.77. The molecule has 2 heteroatoms. The van der Waals surface area contributed by atoms with Crippen LogP contribution in [0.15, 0.2) is 24.3 Å². The van der Waals surface area contributed by atoms with Crippen molar-refractivity contribution in [1.29, 1.82) is 0 Å². The number of phenolic OH excluding ortho intramolecular Hbond substituents is 1. The second-order valence-corrected chi connectivity index (χ2v) is 3.55.